The lowest BCUT2D eigenvalue weighted by Crippen LogP contribution is -2.01. The Balaban J connectivity index is 3.27. The SMILES string of the molecule is C[CH]C[C@H](C)C[C@H](C)CC. The van der Waals surface area contributed by atoms with Crippen LogP contribution in [0.15, 0.2) is 0 Å². The zero-order chi connectivity index (χ0) is 7.98. The monoisotopic (exact) mass is 141 g/mol. The van der Waals surface area contributed by atoms with E-state index in [9.17, 15) is 0 Å². The van der Waals surface area contributed by atoms with Crippen LogP contribution in [0, 0.1) is 18.3 Å². The zero-order valence-electron chi connectivity index (χ0n) is 7.85. The summed E-state index contributed by atoms with van der Waals surface area (Å²) < 4.78 is 0. The molecule has 10 heavy (non-hydrogen) atoms. The maximum atomic E-state index is 2.34. The molecule has 0 N–H and O–H groups in total. The molecule has 0 aliphatic carbocycles. The van der Waals surface area contributed by atoms with Gasteiger partial charge in [-0.2, -0.15) is 0 Å². The van der Waals surface area contributed by atoms with Crippen molar-refractivity contribution in [2.24, 2.45) is 11.8 Å². The normalized spacial score (nSPS) is 16.8. The molecule has 0 aliphatic rings. The molecule has 2 atom stereocenters. The molecular weight excluding hydrogens is 120 g/mol. The van der Waals surface area contributed by atoms with Gasteiger partial charge in [0, 0.05) is 0 Å². The topological polar surface area (TPSA) is 0 Å². The summed E-state index contributed by atoms with van der Waals surface area (Å²) in [6.45, 7) is 9.10. The fourth-order valence-corrected chi connectivity index (χ4v) is 1.35. The number of hydrogen-bond donors (Lipinski definition) is 0. The summed E-state index contributed by atoms with van der Waals surface area (Å²) in [5.74, 6) is 1.80. The van der Waals surface area contributed by atoms with Crippen molar-refractivity contribution in [3.63, 3.8) is 0 Å². The van der Waals surface area contributed by atoms with Crippen LogP contribution in [0.25, 0.3) is 0 Å². The number of rotatable bonds is 5. The van der Waals surface area contributed by atoms with E-state index in [0.29, 0.717) is 0 Å². The molecule has 0 aromatic rings. The smallest absolute Gasteiger partial charge is 0.0414 e. The Labute approximate surface area is 66.0 Å². The van der Waals surface area contributed by atoms with E-state index in [-0.39, 0.29) is 0 Å². The van der Waals surface area contributed by atoms with E-state index in [2.05, 4.69) is 34.1 Å². The minimum absolute atomic E-state index is 0.889. The fraction of sp³-hybridized carbons (Fsp3) is 0.900. The van der Waals surface area contributed by atoms with Crippen molar-refractivity contribution in [3.8, 4) is 0 Å². The van der Waals surface area contributed by atoms with Gasteiger partial charge in [0.15, 0.2) is 0 Å². The lowest BCUT2D eigenvalue weighted by molar-refractivity contribution is 0.402. The highest BCUT2D eigenvalue weighted by Gasteiger charge is 2.05. The van der Waals surface area contributed by atoms with E-state index in [4.69, 9.17) is 0 Å². The molecule has 0 aliphatic heterocycles. The van der Waals surface area contributed by atoms with Crippen molar-refractivity contribution in [1.29, 1.82) is 0 Å². The average Bonchev–Trinajstić information content (AvgIpc) is 1.88. The summed E-state index contributed by atoms with van der Waals surface area (Å²) in [7, 11) is 0. The van der Waals surface area contributed by atoms with Gasteiger partial charge < -0.3 is 0 Å². The van der Waals surface area contributed by atoms with Gasteiger partial charge in [0.1, 0.15) is 0 Å². The van der Waals surface area contributed by atoms with E-state index < -0.39 is 0 Å². The van der Waals surface area contributed by atoms with Crippen molar-refractivity contribution in [2.45, 2.75) is 47.0 Å². The molecule has 61 valence electrons. The molecule has 0 saturated carbocycles. The first-order valence-electron chi connectivity index (χ1n) is 4.48. The Bertz CT molecular complexity index is 66.4. The maximum absolute atomic E-state index is 2.34. The van der Waals surface area contributed by atoms with Crippen LogP contribution in [-0.2, 0) is 0 Å². The van der Waals surface area contributed by atoms with Crippen molar-refractivity contribution >= 4 is 0 Å². The second-order valence-electron chi connectivity index (χ2n) is 3.50. The van der Waals surface area contributed by atoms with Crippen LogP contribution in [-0.4, -0.2) is 0 Å². The first kappa shape index (κ1) is 10.0. The highest BCUT2D eigenvalue weighted by molar-refractivity contribution is 4.64. The first-order chi connectivity index (χ1) is 4.70. The molecule has 0 rings (SSSR count). The molecule has 0 bridgehead atoms. The molecule has 0 spiro atoms. The molecule has 1 radical (unpaired) electrons. The Morgan fingerprint density at radius 1 is 1.20 bits per heavy atom. The lowest BCUT2D eigenvalue weighted by atomic mass is 9.92. The highest BCUT2D eigenvalue weighted by Crippen LogP contribution is 2.17. The van der Waals surface area contributed by atoms with Crippen LogP contribution in [0.4, 0.5) is 0 Å². The molecule has 0 heteroatoms. The summed E-state index contributed by atoms with van der Waals surface area (Å²) in [6.07, 6.45) is 6.27. The van der Waals surface area contributed by atoms with Crippen LogP contribution < -0.4 is 0 Å². The van der Waals surface area contributed by atoms with Crippen LogP contribution >= 0.6 is 0 Å². The average molecular weight is 141 g/mol. The van der Waals surface area contributed by atoms with Gasteiger partial charge in [0.2, 0.25) is 0 Å². The van der Waals surface area contributed by atoms with E-state index >= 15 is 0 Å². The van der Waals surface area contributed by atoms with Crippen molar-refractivity contribution < 1.29 is 0 Å². The predicted octanol–water partition coefficient (Wildman–Crippen LogP) is 3.67. The summed E-state index contributed by atoms with van der Waals surface area (Å²) in [5, 5.41) is 0. The summed E-state index contributed by atoms with van der Waals surface area (Å²) in [5.41, 5.74) is 0. The van der Waals surface area contributed by atoms with E-state index in [1.807, 2.05) is 0 Å². The second kappa shape index (κ2) is 5.76. The van der Waals surface area contributed by atoms with Crippen molar-refractivity contribution in [3.05, 3.63) is 6.42 Å². The zero-order valence-corrected chi connectivity index (χ0v) is 7.85. The van der Waals surface area contributed by atoms with Gasteiger partial charge in [0.05, 0.1) is 0 Å². The van der Waals surface area contributed by atoms with Gasteiger partial charge >= 0.3 is 0 Å². The molecular formula is C10H21. The van der Waals surface area contributed by atoms with Crippen LogP contribution in [0.2, 0.25) is 0 Å². The number of hydrogen-bond acceptors (Lipinski definition) is 0. The van der Waals surface area contributed by atoms with Gasteiger partial charge in [-0.1, -0.05) is 34.1 Å². The third-order valence-electron chi connectivity index (χ3n) is 2.14. The van der Waals surface area contributed by atoms with Gasteiger partial charge in [-0.25, -0.2) is 0 Å². The molecule has 0 fully saturated rings. The van der Waals surface area contributed by atoms with Crippen LogP contribution in [0.5, 0.6) is 0 Å². The molecule has 0 amide bonds. The minimum atomic E-state index is 0.889. The molecule has 0 saturated heterocycles. The van der Waals surface area contributed by atoms with Gasteiger partial charge in [-0.15, -0.1) is 0 Å². The standard InChI is InChI=1S/C10H21/c1-5-7-10(4)8-9(3)6-2/h5,9-10H,6-8H2,1-4H3/t9-,10+/m1/s1. The van der Waals surface area contributed by atoms with E-state index in [0.717, 1.165) is 11.8 Å². The van der Waals surface area contributed by atoms with Gasteiger partial charge in [-0.3, -0.25) is 0 Å². The second-order valence-corrected chi connectivity index (χ2v) is 3.50. The molecule has 0 heterocycles. The van der Waals surface area contributed by atoms with Gasteiger partial charge in [0.25, 0.3) is 0 Å². The third-order valence-corrected chi connectivity index (χ3v) is 2.14. The van der Waals surface area contributed by atoms with Crippen molar-refractivity contribution in [1.82, 2.24) is 0 Å². The van der Waals surface area contributed by atoms with Crippen LogP contribution in [0.3, 0.4) is 0 Å². The summed E-state index contributed by atoms with van der Waals surface area (Å²) in [6, 6.07) is 0. The highest BCUT2D eigenvalue weighted by atomic mass is 14.1. The Morgan fingerprint density at radius 2 is 1.80 bits per heavy atom. The fourth-order valence-electron chi connectivity index (χ4n) is 1.35. The van der Waals surface area contributed by atoms with Gasteiger partial charge in [-0.05, 0) is 31.1 Å². The summed E-state index contributed by atoms with van der Waals surface area (Å²) >= 11 is 0. The first-order valence-corrected chi connectivity index (χ1v) is 4.48. The third kappa shape index (κ3) is 4.84. The molecule has 0 unspecified atom stereocenters. The largest absolute Gasteiger partial charge is 0.0651 e. The Kier molecular flexibility index (Phi) is 5.76. The Morgan fingerprint density at radius 3 is 2.20 bits per heavy atom. The molecule has 0 nitrogen and oxygen atoms in total. The summed E-state index contributed by atoms with van der Waals surface area (Å²) in [4.78, 5) is 0. The van der Waals surface area contributed by atoms with E-state index in [1.54, 1.807) is 0 Å². The van der Waals surface area contributed by atoms with Crippen LogP contribution in [0.1, 0.15) is 47.0 Å². The Hall–Kier alpha value is 0. The quantitative estimate of drug-likeness (QED) is 0.548. The van der Waals surface area contributed by atoms with E-state index in [1.165, 1.54) is 19.3 Å². The minimum Gasteiger partial charge on any atom is -0.0651 e. The predicted molar refractivity (Wildman–Crippen MR) is 47.8 cm³/mol. The van der Waals surface area contributed by atoms with Crippen molar-refractivity contribution in [2.75, 3.05) is 0 Å². The lowest BCUT2D eigenvalue weighted by Gasteiger charge is -2.14. The molecule has 0 aromatic heterocycles. The molecule has 0 aromatic carbocycles. The maximum Gasteiger partial charge on any atom is -0.0414 e.